The molecule has 3 rings (SSSR count). The molecular formula is C24H23F3N4O2. The Morgan fingerprint density at radius 2 is 1.61 bits per heavy atom. The van der Waals surface area contributed by atoms with E-state index in [1.807, 2.05) is 13.8 Å². The predicted octanol–water partition coefficient (Wildman–Crippen LogP) is 5.73. The van der Waals surface area contributed by atoms with Crippen LogP contribution in [-0.2, 0) is 6.18 Å². The van der Waals surface area contributed by atoms with Crippen LogP contribution in [-0.4, -0.2) is 22.8 Å². The smallest absolute Gasteiger partial charge is 0.368 e. The van der Waals surface area contributed by atoms with Crippen LogP contribution < -0.4 is 16.0 Å². The first-order valence-corrected chi connectivity index (χ1v) is 10.2. The molecule has 0 aliphatic heterocycles. The third-order valence-corrected chi connectivity index (χ3v) is 4.65. The molecule has 1 heterocycles. The minimum absolute atomic E-state index is 0.141. The zero-order valence-electron chi connectivity index (χ0n) is 18.2. The van der Waals surface area contributed by atoms with Crippen LogP contribution >= 0.6 is 0 Å². The van der Waals surface area contributed by atoms with E-state index >= 15 is 0 Å². The number of aromatic nitrogens is 1. The molecule has 0 aliphatic carbocycles. The zero-order valence-corrected chi connectivity index (χ0v) is 18.2. The van der Waals surface area contributed by atoms with Crippen LogP contribution in [0.4, 0.5) is 30.4 Å². The van der Waals surface area contributed by atoms with Crippen molar-refractivity contribution in [3.8, 4) is 0 Å². The maximum absolute atomic E-state index is 12.9. The van der Waals surface area contributed by atoms with Crippen LogP contribution in [0.1, 0.15) is 45.7 Å². The lowest BCUT2D eigenvalue weighted by Gasteiger charge is -2.13. The van der Waals surface area contributed by atoms with E-state index in [9.17, 15) is 22.8 Å². The van der Waals surface area contributed by atoms with Crippen molar-refractivity contribution in [3.05, 3.63) is 83.0 Å². The molecular weight excluding hydrogens is 433 g/mol. The number of hydrogen-bond acceptors (Lipinski definition) is 4. The van der Waals surface area contributed by atoms with Crippen molar-refractivity contribution in [3.63, 3.8) is 0 Å². The largest absolute Gasteiger partial charge is 0.416 e. The molecule has 0 bridgehead atoms. The highest BCUT2D eigenvalue weighted by Gasteiger charge is 2.30. The summed E-state index contributed by atoms with van der Waals surface area (Å²) in [4.78, 5) is 29.5. The van der Waals surface area contributed by atoms with Gasteiger partial charge in [-0.25, -0.2) is 4.98 Å². The van der Waals surface area contributed by atoms with Gasteiger partial charge in [0, 0.05) is 22.9 Å². The monoisotopic (exact) mass is 456 g/mol. The Morgan fingerprint density at radius 3 is 2.24 bits per heavy atom. The van der Waals surface area contributed by atoms with E-state index in [4.69, 9.17) is 0 Å². The van der Waals surface area contributed by atoms with Crippen LogP contribution in [0.3, 0.4) is 0 Å². The first-order valence-electron chi connectivity index (χ1n) is 10.2. The van der Waals surface area contributed by atoms with Crippen LogP contribution in [0.5, 0.6) is 0 Å². The summed E-state index contributed by atoms with van der Waals surface area (Å²) >= 11 is 0. The fraction of sp³-hybridized carbons (Fsp3) is 0.208. The molecule has 0 spiro atoms. The van der Waals surface area contributed by atoms with Crippen LogP contribution in [0.25, 0.3) is 0 Å². The second-order valence-electron chi connectivity index (χ2n) is 7.75. The van der Waals surface area contributed by atoms with Crippen molar-refractivity contribution < 1.29 is 22.8 Å². The van der Waals surface area contributed by atoms with E-state index in [1.165, 1.54) is 24.4 Å². The summed E-state index contributed by atoms with van der Waals surface area (Å²) in [6.07, 6.45) is -3.03. The molecule has 1 aromatic heterocycles. The summed E-state index contributed by atoms with van der Waals surface area (Å²) in [6.45, 7) is 5.71. The Kier molecular flexibility index (Phi) is 7.01. The number of amides is 2. The first kappa shape index (κ1) is 23.8. The van der Waals surface area contributed by atoms with E-state index in [1.54, 1.807) is 31.2 Å². The Hall–Kier alpha value is -3.88. The molecule has 0 unspecified atom stereocenters. The van der Waals surface area contributed by atoms with Gasteiger partial charge < -0.3 is 16.0 Å². The number of alkyl halides is 3. The predicted molar refractivity (Wildman–Crippen MR) is 122 cm³/mol. The third-order valence-electron chi connectivity index (χ3n) is 4.65. The summed E-state index contributed by atoms with van der Waals surface area (Å²) in [5, 5.41) is 8.44. The minimum atomic E-state index is -4.55. The van der Waals surface area contributed by atoms with Gasteiger partial charge in [0.15, 0.2) is 0 Å². The molecule has 2 aromatic carbocycles. The van der Waals surface area contributed by atoms with E-state index in [0.29, 0.717) is 22.6 Å². The van der Waals surface area contributed by atoms with Crippen molar-refractivity contribution in [2.45, 2.75) is 33.0 Å². The van der Waals surface area contributed by atoms with Crippen LogP contribution in [0.2, 0.25) is 0 Å². The molecule has 172 valence electrons. The molecule has 0 saturated carbocycles. The number of nitrogens with one attached hydrogen (secondary N) is 3. The van der Waals surface area contributed by atoms with E-state index in [0.717, 1.165) is 12.1 Å². The van der Waals surface area contributed by atoms with Crippen molar-refractivity contribution in [1.82, 2.24) is 4.98 Å². The van der Waals surface area contributed by atoms with E-state index in [2.05, 4.69) is 20.9 Å². The van der Waals surface area contributed by atoms with Gasteiger partial charge in [-0.3, -0.25) is 9.59 Å². The Bertz CT molecular complexity index is 1160. The number of pyridine rings is 1. The number of halogens is 3. The van der Waals surface area contributed by atoms with Crippen LogP contribution in [0, 0.1) is 6.92 Å². The molecule has 0 saturated heterocycles. The number of anilines is 3. The fourth-order valence-corrected chi connectivity index (χ4v) is 3.03. The number of nitrogens with zero attached hydrogens (tertiary/aromatic N) is 1. The summed E-state index contributed by atoms with van der Waals surface area (Å²) in [5.74, 6) is -0.443. The van der Waals surface area contributed by atoms with Crippen molar-refractivity contribution in [2.75, 3.05) is 16.0 Å². The lowest BCUT2D eigenvalue weighted by Crippen LogP contribution is -2.17. The molecule has 33 heavy (non-hydrogen) atoms. The molecule has 3 N–H and O–H groups in total. The standard InChI is InChI=1S/C24H23F3N4O2/c1-14(2)29-21-10-9-19(13-28-21)31-23(33)20-12-18(8-7-15(20)3)30-22(32)16-5-4-6-17(11-16)24(25,26)27/h4-14H,1-3H3,(H,28,29)(H,30,32)(H,31,33). The van der Waals surface area contributed by atoms with Gasteiger partial charge in [0.2, 0.25) is 0 Å². The number of benzene rings is 2. The lowest BCUT2D eigenvalue weighted by molar-refractivity contribution is -0.137. The van der Waals surface area contributed by atoms with Gasteiger partial charge in [0.1, 0.15) is 5.82 Å². The highest BCUT2D eigenvalue weighted by Crippen LogP contribution is 2.29. The van der Waals surface area contributed by atoms with Gasteiger partial charge in [0.25, 0.3) is 11.8 Å². The quantitative estimate of drug-likeness (QED) is 0.442. The van der Waals surface area contributed by atoms with E-state index in [-0.39, 0.29) is 17.3 Å². The van der Waals surface area contributed by atoms with Gasteiger partial charge in [-0.2, -0.15) is 13.2 Å². The average molecular weight is 456 g/mol. The van der Waals surface area contributed by atoms with Crippen molar-refractivity contribution in [2.24, 2.45) is 0 Å². The molecule has 0 atom stereocenters. The second kappa shape index (κ2) is 9.72. The Labute approximate surface area is 189 Å². The average Bonchev–Trinajstić information content (AvgIpc) is 2.75. The van der Waals surface area contributed by atoms with Gasteiger partial charge in [0.05, 0.1) is 17.4 Å². The normalized spacial score (nSPS) is 11.2. The van der Waals surface area contributed by atoms with Gasteiger partial charge in [-0.1, -0.05) is 12.1 Å². The Morgan fingerprint density at radius 1 is 0.909 bits per heavy atom. The maximum atomic E-state index is 12.9. The molecule has 9 heteroatoms. The lowest BCUT2D eigenvalue weighted by atomic mass is 10.1. The minimum Gasteiger partial charge on any atom is -0.368 e. The summed E-state index contributed by atoms with van der Waals surface area (Å²) < 4.78 is 38.8. The fourth-order valence-electron chi connectivity index (χ4n) is 3.03. The van der Waals surface area contributed by atoms with Gasteiger partial charge >= 0.3 is 6.18 Å². The SMILES string of the molecule is Cc1ccc(NC(=O)c2cccc(C(F)(F)F)c2)cc1C(=O)Nc1ccc(NC(C)C)nc1. The number of carbonyl (C=O) groups is 2. The van der Waals surface area contributed by atoms with Crippen molar-refractivity contribution >= 4 is 29.0 Å². The number of rotatable bonds is 6. The molecule has 2 amide bonds. The second-order valence-corrected chi connectivity index (χ2v) is 7.75. The highest BCUT2D eigenvalue weighted by molar-refractivity contribution is 6.08. The number of aryl methyl sites for hydroxylation is 1. The number of hydrogen-bond donors (Lipinski definition) is 3. The molecule has 6 nitrogen and oxygen atoms in total. The van der Waals surface area contributed by atoms with Crippen LogP contribution in [0.15, 0.2) is 60.8 Å². The summed E-state index contributed by atoms with van der Waals surface area (Å²) in [5.41, 5.74) is 0.687. The van der Waals surface area contributed by atoms with Gasteiger partial charge in [-0.05, 0) is 68.8 Å². The molecule has 0 radical (unpaired) electrons. The third kappa shape index (κ3) is 6.31. The molecule has 3 aromatic rings. The number of carbonyl (C=O) groups excluding carboxylic acids is 2. The highest BCUT2D eigenvalue weighted by atomic mass is 19.4. The first-order chi connectivity index (χ1) is 15.5. The molecule has 0 aliphatic rings. The topological polar surface area (TPSA) is 83.1 Å². The zero-order chi connectivity index (χ0) is 24.2. The van der Waals surface area contributed by atoms with Gasteiger partial charge in [-0.15, -0.1) is 0 Å². The summed E-state index contributed by atoms with van der Waals surface area (Å²) in [7, 11) is 0. The maximum Gasteiger partial charge on any atom is 0.416 e. The summed E-state index contributed by atoms with van der Waals surface area (Å²) in [6, 6.07) is 12.5. The van der Waals surface area contributed by atoms with Crippen molar-refractivity contribution in [1.29, 1.82) is 0 Å². The van der Waals surface area contributed by atoms with E-state index < -0.39 is 23.6 Å². The molecule has 0 fully saturated rings. The Balaban J connectivity index is 1.74.